The maximum Gasteiger partial charge on any atom is 0.0900 e. The fourth-order valence-corrected chi connectivity index (χ4v) is 2.21. The van der Waals surface area contributed by atoms with Crippen molar-refractivity contribution in [2.45, 2.75) is 19.9 Å². The van der Waals surface area contributed by atoms with Gasteiger partial charge in [-0.25, -0.2) is 4.98 Å². The highest BCUT2D eigenvalue weighted by atomic mass is 79.9. The van der Waals surface area contributed by atoms with Crippen molar-refractivity contribution in [2.24, 2.45) is 0 Å². The lowest BCUT2D eigenvalue weighted by molar-refractivity contribution is 0.643. The van der Waals surface area contributed by atoms with Crippen LogP contribution in [0.25, 0.3) is 0 Å². The normalized spacial score (nSPS) is 14.1. The van der Waals surface area contributed by atoms with E-state index >= 15 is 0 Å². The molecule has 2 nitrogen and oxygen atoms in total. The van der Waals surface area contributed by atoms with Crippen LogP contribution in [0.2, 0.25) is 0 Å². The molecule has 0 amide bonds. The first-order valence-corrected chi connectivity index (χ1v) is 4.34. The first-order valence-electron chi connectivity index (χ1n) is 3.52. The summed E-state index contributed by atoms with van der Waals surface area (Å²) < 4.78 is 0. The van der Waals surface area contributed by atoms with Crippen molar-refractivity contribution in [3.8, 4) is 0 Å². The molecule has 12 heavy (non-hydrogen) atoms. The molecule has 0 atom stereocenters. The van der Waals surface area contributed by atoms with E-state index in [0.717, 1.165) is 19.5 Å². The third kappa shape index (κ3) is 2.52. The number of nitrogens with zero attached hydrogens (tertiary/aromatic N) is 1. The van der Waals surface area contributed by atoms with E-state index in [9.17, 15) is 0 Å². The van der Waals surface area contributed by atoms with E-state index in [4.69, 9.17) is 0 Å². The zero-order valence-electron chi connectivity index (χ0n) is 6.79. The lowest BCUT2D eigenvalue weighted by atomic mass is 10.2. The van der Waals surface area contributed by atoms with Crippen LogP contribution in [0.3, 0.4) is 0 Å². The molecule has 0 bridgehead atoms. The van der Waals surface area contributed by atoms with Crippen LogP contribution in [0.15, 0.2) is 0 Å². The smallest absolute Gasteiger partial charge is 0.0900 e. The largest absolute Gasteiger partial charge is 0.311 e. The number of rotatable bonds is 0. The quantitative estimate of drug-likeness (QED) is 0.794. The van der Waals surface area contributed by atoms with Gasteiger partial charge in [0, 0.05) is 24.4 Å². The Morgan fingerprint density at radius 3 is 2.83 bits per heavy atom. The SMILES string of the molecule is Br.Br.Cc1nc2c(s1)CNCC2. The molecule has 5 heteroatoms. The highest BCUT2D eigenvalue weighted by Crippen LogP contribution is 2.20. The molecule has 0 spiro atoms. The Kier molecular flexibility index (Phi) is 5.56. The fraction of sp³-hybridized carbons (Fsp3) is 0.571. The Labute approximate surface area is 97.3 Å². The van der Waals surface area contributed by atoms with Gasteiger partial charge in [0.15, 0.2) is 0 Å². The van der Waals surface area contributed by atoms with Gasteiger partial charge in [-0.15, -0.1) is 45.3 Å². The predicted octanol–water partition coefficient (Wildman–Crippen LogP) is 2.25. The Bertz CT molecular complexity index is 226. The zero-order chi connectivity index (χ0) is 6.97. The second kappa shape index (κ2) is 5.32. The monoisotopic (exact) mass is 314 g/mol. The van der Waals surface area contributed by atoms with E-state index in [2.05, 4.69) is 17.2 Å². The van der Waals surface area contributed by atoms with Crippen molar-refractivity contribution in [1.82, 2.24) is 10.3 Å². The lowest BCUT2D eigenvalue weighted by Gasteiger charge is -2.09. The molecule has 2 heterocycles. The van der Waals surface area contributed by atoms with E-state index in [1.165, 1.54) is 15.6 Å². The van der Waals surface area contributed by atoms with Gasteiger partial charge in [0.2, 0.25) is 0 Å². The van der Waals surface area contributed by atoms with Crippen LogP contribution < -0.4 is 5.32 Å². The van der Waals surface area contributed by atoms with Gasteiger partial charge < -0.3 is 5.32 Å². The molecular weight excluding hydrogens is 304 g/mol. The van der Waals surface area contributed by atoms with E-state index in [1.54, 1.807) is 0 Å². The lowest BCUT2D eigenvalue weighted by Crippen LogP contribution is -2.22. The van der Waals surface area contributed by atoms with Crippen molar-refractivity contribution in [2.75, 3.05) is 6.54 Å². The second-order valence-corrected chi connectivity index (χ2v) is 3.82. The van der Waals surface area contributed by atoms with Crippen molar-refractivity contribution in [3.63, 3.8) is 0 Å². The molecule has 1 aromatic heterocycles. The standard InChI is InChI=1S/C7H10N2S.2BrH/c1-5-9-6-2-3-8-4-7(6)10-5;;/h8H,2-4H2,1H3;2*1H. The first-order chi connectivity index (χ1) is 4.86. The van der Waals surface area contributed by atoms with Gasteiger partial charge >= 0.3 is 0 Å². The number of hydrogen-bond acceptors (Lipinski definition) is 3. The van der Waals surface area contributed by atoms with Crippen molar-refractivity contribution in [3.05, 3.63) is 15.6 Å². The van der Waals surface area contributed by atoms with Crippen LogP contribution in [-0.4, -0.2) is 11.5 Å². The van der Waals surface area contributed by atoms with Gasteiger partial charge in [-0.2, -0.15) is 0 Å². The number of aryl methyl sites for hydroxylation is 1. The topological polar surface area (TPSA) is 24.9 Å². The number of hydrogen-bond donors (Lipinski definition) is 1. The second-order valence-electron chi connectivity index (χ2n) is 2.53. The van der Waals surface area contributed by atoms with Crippen LogP contribution in [0.1, 0.15) is 15.6 Å². The molecule has 0 fully saturated rings. The Morgan fingerprint density at radius 2 is 2.17 bits per heavy atom. The number of aromatic nitrogens is 1. The molecule has 0 aliphatic carbocycles. The van der Waals surface area contributed by atoms with Gasteiger partial charge in [-0.05, 0) is 6.92 Å². The van der Waals surface area contributed by atoms with Gasteiger partial charge in [-0.3, -0.25) is 0 Å². The summed E-state index contributed by atoms with van der Waals surface area (Å²) in [5, 5.41) is 4.53. The number of halogens is 2. The molecule has 0 saturated carbocycles. The van der Waals surface area contributed by atoms with Crippen LogP contribution in [0, 0.1) is 6.92 Å². The van der Waals surface area contributed by atoms with E-state index < -0.39 is 0 Å². The highest BCUT2D eigenvalue weighted by molar-refractivity contribution is 8.93. The van der Waals surface area contributed by atoms with Gasteiger partial charge in [0.05, 0.1) is 10.7 Å². The Balaban J connectivity index is 0.000000605. The summed E-state index contributed by atoms with van der Waals surface area (Å²) in [5.74, 6) is 0. The summed E-state index contributed by atoms with van der Waals surface area (Å²) in [4.78, 5) is 5.86. The minimum absolute atomic E-state index is 0. The number of fused-ring (bicyclic) bond motifs is 1. The highest BCUT2D eigenvalue weighted by Gasteiger charge is 2.11. The van der Waals surface area contributed by atoms with Gasteiger partial charge in [0.25, 0.3) is 0 Å². The summed E-state index contributed by atoms with van der Waals surface area (Å²) in [6.07, 6.45) is 1.11. The number of nitrogens with one attached hydrogen (secondary N) is 1. The average Bonchev–Trinajstić information content (AvgIpc) is 2.27. The van der Waals surface area contributed by atoms with E-state index in [-0.39, 0.29) is 34.0 Å². The minimum atomic E-state index is 0. The van der Waals surface area contributed by atoms with E-state index in [1.807, 2.05) is 11.3 Å². The maximum atomic E-state index is 4.43. The molecule has 1 aromatic rings. The summed E-state index contributed by atoms with van der Waals surface area (Å²) >= 11 is 1.82. The summed E-state index contributed by atoms with van der Waals surface area (Å²) in [7, 11) is 0. The third-order valence-corrected chi connectivity index (χ3v) is 2.72. The molecule has 1 N–H and O–H groups in total. The maximum absolute atomic E-state index is 4.43. The van der Waals surface area contributed by atoms with Crippen LogP contribution in [-0.2, 0) is 13.0 Å². The first kappa shape index (κ1) is 12.6. The Morgan fingerprint density at radius 1 is 1.42 bits per heavy atom. The zero-order valence-corrected chi connectivity index (χ0v) is 11.0. The summed E-state index contributed by atoms with van der Waals surface area (Å²) in [5.41, 5.74) is 1.32. The van der Waals surface area contributed by atoms with Crippen LogP contribution >= 0.6 is 45.3 Å². The molecule has 2 rings (SSSR count). The molecule has 1 aliphatic heterocycles. The minimum Gasteiger partial charge on any atom is -0.311 e. The van der Waals surface area contributed by atoms with Gasteiger partial charge in [-0.1, -0.05) is 0 Å². The Hall–Kier alpha value is 0.550. The molecule has 70 valence electrons. The fourth-order valence-electron chi connectivity index (χ4n) is 1.25. The van der Waals surface area contributed by atoms with Crippen molar-refractivity contribution in [1.29, 1.82) is 0 Å². The third-order valence-electron chi connectivity index (χ3n) is 1.71. The molecule has 1 aliphatic rings. The number of thiazole rings is 1. The molecular formula is C7H12Br2N2S. The van der Waals surface area contributed by atoms with Crippen LogP contribution in [0.4, 0.5) is 0 Å². The van der Waals surface area contributed by atoms with Gasteiger partial charge in [0.1, 0.15) is 0 Å². The molecule has 0 radical (unpaired) electrons. The average molecular weight is 316 g/mol. The predicted molar refractivity (Wildman–Crippen MR) is 62.9 cm³/mol. The van der Waals surface area contributed by atoms with E-state index in [0.29, 0.717) is 0 Å². The van der Waals surface area contributed by atoms with Crippen molar-refractivity contribution >= 4 is 45.3 Å². The molecule has 0 saturated heterocycles. The molecule has 0 aromatic carbocycles. The van der Waals surface area contributed by atoms with Crippen LogP contribution in [0.5, 0.6) is 0 Å². The van der Waals surface area contributed by atoms with Crippen molar-refractivity contribution < 1.29 is 0 Å². The summed E-state index contributed by atoms with van der Waals surface area (Å²) in [6.45, 7) is 4.19. The summed E-state index contributed by atoms with van der Waals surface area (Å²) in [6, 6.07) is 0. The molecule has 0 unspecified atom stereocenters.